The fourth-order valence-corrected chi connectivity index (χ4v) is 2.29. The van der Waals surface area contributed by atoms with Crippen LogP contribution in [-0.4, -0.2) is 25.8 Å². The van der Waals surface area contributed by atoms with Crippen molar-refractivity contribution in [3.63, 3.8) is 0 Å². The number of rotatable bonds is 3. The topological polar surface area (TPSA) is 36.3 Å². The van der Waals surface area contributed by atoms with E-state index < -0.39 is 0 Å². The van der Waals surface area contributed by atoms with Crippen LogP contribution in [0.4, 0.5) is 5.69 Å². The van der Waals surface area contributed by atoms with Crippen molar-refractivity contribution >= 4 is 5.69 Å². The Hall–Kier alpha value is -1.53. The fraction of sp³-hybridized carbons (Fsp3) is 0.500. The van der Waals surface area contributed by atoms with Gasteiger partial charge in [-0.25, -0.2) is 0 Å². The van der Waals surface area contributed by atoms with Crippen LogP contribution in [0.15, 0.2) is 24.3 Å². The molecule has 1 aliphatic heterocycles. The molecule has 3 nitrogen and oxygen atoms in total. The van der Waals surface area contributed by atoms with Gasteiger partial charge in [0.2, 0.25) is 0 Å². The van der Waals surface area contributed by atoms with Gasteiger partial charge >= 0.3 is 0 Å². The summed E-state index contributed by atoms with van der Waals surface area (Å²) >= 11 is 0. The first kappa shape index (κ1) is 11.9. The Morgan fingerprint density at radius 1 is 1.41 bits per heavy atom. The quantitative estimate of drug-likeness (QED) is 0.800. The van der Waals surface area contributed by atoms with Gasteiger partial charge < -0.3 is 9.64 Å². The van der Waals surface area contributed by atoms with Crippen LogP contribution in [0.1, 0.15) is 25.3 Å². The summed E-state index contributed by atoms with van der Waals surface area (Å²) in [5.41, 5.74) is 1.88. The molecule has 90 valence electrons. The average Bonchev–Trinajstić information content (AvgIpc) is 2.40. The second-order valence-electron chi connectivity index (χ2n) is 4.30. The molecule has 0 spiro atoms. The Bertz CT molecular complexity index is 403. The molecule has 0 bridgehead atoms. The molecular formula is C14H18N2O. The number of anilines is 1. The van der Waals surface area contributed by atoms with Gasteiger partial charge in [0, 0.05) is 25.4 Å². The highest BCUT2D eigenvalue weighted by Crippen LogP contribution is 2.22. The van der Waals surface area contributed by atoms with Gasteiger partial charge in [0.25, 0.3) is 0 Å². The average molecular weight is 230 g/mol. The largest absolute Gasteiger partial charge is 0.378 e. The summed E-state index contributed by atoms with van der Waals surface area (Å²) in [6.45, 7) is 4.87. The van der Waals surface area contributed by atoms with Gasteiger partial charge in [-0.15, -0.1) is 0 Å². The first-order valence-corrected chi connectivity index (χ1v) is 6.20. The normalized spacial score (nSPS) is 16.8. The Morgan fingerprint density at radius 3 is 2.82 bits per heavy atom. The zero-order valence-electron chi connectivity index (χ0n) is 10.2. The standard InChI is InChI=1S/C14H18N2O/c1-2-17-14-6-8-16(9-7-14)13-5-3-4-12(10-13)11-15/h3-5,10,14H,2,6-9H2,1H3. The van der Waals surface area contributed by atoms with E-state index in [9.17, 15) is 0 Å². The van der Waals surface area contributed by atoms with Crippen LogP contribution >= 0.6 is 0 Å². The number of ether oxygens (including phenoxy) is 1. The number of hydrogen-bond donors (Lipinski definition) is 0. The second kappa shape index (κ2) is 5.70. The molecule has 1 saturated heterocycles. The third-order valence-corrected chi connectivity index (χ3v) is 3.18. The van der Waals surface area contributed by atoms with Gasteiger partial charge in [-0.05, 0) is 38.0 Å². The van der Waals surface area contributed by atoms with Gasteiger partial charge in [-0.3, -0.25) is 0 Å². The van der Waals surface area contributed by atoms with E-state index in [2.05, 4.69) is 17.0 Å². The smallest absolute Gasteiger partial charge is 0.0992 e. The van der Waals surface area contributed by atoms with Crippen molar-refractivity contribution in [3.05, 3.63) is 29.8 Å². The predicted octanol–water partition coefficient (Wildman–Crippen LogP) is 2.56. The molecule has 0 aliphatic carbocycles. The lowest BCUT2D eigenvalue weighted by Gasteiger charge is -2.33. The molecule has 0 atom stereocenters. The van der Waals surface area contributed by atoms with Crippen LogP contribution in [0, 0.1) is 11.3 Å². The molecule has 0 saturated carbocycles. The maximum absolute atomic E-state index is 8.88. The maximum atomic E-state index is 8.88. The van der Waals surface area contributed by atoms with E-state index in [-0.39, 0.29) is 0 Å². The first-order chi connectivity index (χ1) is 8.33. The summed E-state index contributed by atoms with van der Waals surface area (Å²) in [7, 11) is 0. The Labute approximate surface area is 103 Å². The summed E-state index contributed by atoms with van der Waals surface area (Å²) in [6.07, 6.45) is 2.56. The molecule has 17 heavy (non-hydrogen) atoms. The summed E-state index contributed by atoms with van der Waals surface area (Å²) in [4.78, 5) is 2.33. The molecule has 0 radical (unpaired) electrons. The molecule has 1 aliphatic rings. The summed E-state index contributed by atoms with van der Waals surface area (Å²) < 4.78 is 5.63. The van der Waals surface area contributed by atoms with Crippen molar-refractivity contribution < 1.29 is 4.74 Å². The highest BCUT2D eigenvalue weighted by molar-refractivity contribution is 5.51. The van der Waals surface area contributed by atoms with E-state index in [1.807, 2.05) is 25.1 Å². The molecule has 0 aromatic heterocycles. The maximum Gasteiger partial charge on any atom is 0.0992 e. The van der Waals surface area contributed by atoms with E-state index in [0.717, 1.165) is 43.8 Å². The van der Waals surface area contributed by atoms with Crippen LogP contribution in [0.2, 0.25) is 0 Å². The third-order valence-electron chi connectivity index (χ3n) is 3.18. The van der Waals surface area contributed by atoms with Crippen LogP contribution in [0.5, 0.6) is 0 Å². The van der Waals surface area contributed by atoms with Crippen LogP contribution in [0.3, 0.4) is 0 Å². The van der Waals surface area contributed by atoms with E-state index in [0.29, 0.717) is 6.10 Å². The first-order valence-electron chi connectivity index (χ1n) is 6.20. The molecule has 3 heteroatoms. The summed E-state index contributed by atoms with van der Waals surface area (Å²) in [6, 6.07) is 10.0. The van der Waals surface area contributed by atoms with Gasteiger partial charge in [0.05, 0.1) is 17.7 Å². The van der Waals surface area contributed by atoms with Crippen molar-refractivity contribution in [1.82, 2.24) is 0 Å². The molecular weight excluding hydrogens is 212 g/mol. The molecule has 1 aromatic rings. The van der Waals surface area contributed by atoms with Gasteiger partial charge in [0.1, 0.15) is 0 Å². The lowest BCUT2D eigenvalue weighted by molar-refractivity contribution is 0.0459. The Morgan fingerprint density at radius 2 is 2.18 bits per heavy atom. The monoisotopic (exact) mass is 230 g/mol. The van der Waals surface area contributed by atoms with Crippen molar-refractivity contribution in [2.24, 2.45) is 0 Å². The Kier molecular flexibility index (Phi) is 4.00. The second-order valence-corrected chi connectivity index (χ2v) is 4.30. The minimum Gasteiger partial charge on any atom is -0.378 e. The van der Waals surface area contributed by atoms with Gasteiger partial charge in [0.15, 0.2) is 0 Å². The molecule has 2 rings (SSSR count). The number of hydrogen-bond acceptors (Lipinski definition) is 3. The van der Waals surface area contributed by atoms with Gasteiger partial charge in [-0.1, -0.05) is 6.07 Å². The molecule has 1 aromatic carbocycles. The number of nitriles is 1. The summed E-state index contributed by atoms with van der Waals surface area (Å²) in [5, 5.41) is 8.88. The summed E-state index contributed by atoms with van der Waals surface area (Å²) in [5.74, 6) is 0. The lowest BCUT2D eigenvalue weighted by Crippen LogP contribution is -2.37. The van der Waals surface area contributed by atoms with Crippen molar-refractivity contribution in [1.29, 1.82) is 5.26 Å². The van der Waals surface area contributed by atoms with Gasteiger partial charge in [-0.2, -0.15) is 5.26 Å². The van der Waals surface area contributed by atoms with E-state index >= 15 is 0 Å². The van der Waals surface area contributed by atoms with Crippen LogP contribution in [-0.2, 0) is 4.74 Å². The van der Waals surface area contributed by atoms with E-state index in [1.165, 1.54) is 0 Å². The lowest BCUT2D eigenvalue weighted by atomic mass is 10.1. The number of piperidine rings is 1. The fourth-order valence-electron chi connectivity index (χ4n) is 2.29. The van der Waals surface area contributed by atoms with Crippen molar-refractivity contribution in [2.75, 3.05) is 24.6 Å². The number of benzene rings is 1. The predicted molar refractivity (Wildman–Crippen MR) is 68.0 cm³/mol. The van der Waals surface area contributed by atoms with E-state index in [1.54, 1.807) is 0 Å². The molecule has 0 N–H and O–H groups in total. The number of nitrogens with zero attached hydrogens (tertiary/aromatic N) is 2. The van der Waals surface area contributed by atoms with Crippen LogP contribution in [0.25, 0.3) is 0 Å². The highest BCUT2D eigenvalue weighted by Gasteiger charge is 2.19. The molecule has 0 amide bonds. The molecule has 0 unspecified atom stereocenters. The third kappa shape index (κ3) is 2.98. The minimum atomic E-state index is 0.412. The zero-order valence-corrected chi connectivity index (χ0v) is 10.2. The molecule has 1 heterocycles. The Balaban J connectivity index is 1.98. The highest BCUT2D eigenvalue weighted by atomic mass is 16.5. The van der Waals surface area contributed by atoms with E-state index in [4.69, 9.17) is 10.00 Å². The van der Waals surface area contributed by atoms with Crippen molar-refractivity contribution in [3.8, 4) is 6.07 Å². The van der Waals surface area contributed by atoms with Crippen molar-refractivity contribution in [2.45, 2.75) is 25.9 Å². The van der Waals surface area contributed by atoms with Crippen LogP contribution < -0.4 is 4.90 Å². The zero-order chi connectivity index (χ0) is 12.1. The minimum absolute atomic E-state index is 0.412. The molecule has 1 fully saturated rings. The SMILES string of the molecule is CCOC1CCN(c2cccc(C#N)c2)CC1.